The van der Waals surface area contributed by atoms with Gasteiger partial charge < -0.3 is 15.3 Å². The van der Waals surface area contributed by atoms with Gasteiger partial charge in [-0.3, -0.25) is 4.79 Å². The second kappa shape index (κ2) is 7.67. The van der Waals surface area contributed by atoms with E-state index in [1.807, 2.05) is 6.92 Å². The first-order valence-corrected chi connectivity index (χ1v) is 6.79. The Bertz CT molecular complexity index is 233. The zero-order valence-electron chi connectivity index (χ0n) is 11.1. The summed E-state index contributed by atoms with van der Waals surface area (Å²) in [4.78, 5) is 13.0. The minimum Gasteiger partial charge on any atom is -0.481 e. The van der Waals surface area contributed by atoms with Gasteiger partial charge in [0.1, 0.15) is 0 Å². The zero-order chi connectivity index (χ0) is 12.7. The van der Waals surface area contributed by atoms with E-state index in [1.165, 1.54) is 25.8 Å². The Morgan fingerprint density at radius 2 is 2.29 bits per heavy atom. The first-order valence-electron chi connectivity index (χ1n) is 6.79. The Labute approximate surface area is 104 Å². The number of hydrogen-bond acceptors (Lipinski definition) is 3. The third kappa shape index (κ3) is 6.03. The monoisotopic (exact) mass is 242 g/mol. The molecule has 4 heteroatoms. The lowest BCUT2D eigenvalue weighted by molar-refractivity contribution is -0.137. The van der Waals surface area contributed by atoms with Crippen LogP contribution in [0.3, 0.4) is 0 Å². The predicted molar refractivity (Wildman–Crippen MR) is 69.2 cm³/mol. The summed E-state index contributed by atoms with van der Waals surface area (Å²) in [6.07, 6.45) is 5.33. The van der Waals surface area contributed by atoms with Crippen molar-refractivity contribution in [2.45, 2.75) is 58.0 Å². The van der Waals surface area contributed by atoms with Crippen molar-refractivity contribution in [1.29, 1.82) is 0 Å². The Balaban J connectivity index is 2.05. The van der Waals surface area contributed by atoms with E-state index in [0.717, 1.165) is 25.6 Å². The van der Waals surface area contributed by atoms with Crippen LogP contribution in [-0.2, 0) is 4.79 Å². The Kier molecular flexibility index (Phi) is 6.52. The lowest BCUT2D eigenvalue weighted by atomic mass is 10.0. The average molecular weight is 242 g/mol. The van der Waals surface area contributed by atoms with E-state index in [4.69, 9.17) is 5.11 Å². The Hall–Kier alpha value is -0.610. The highest BCUT2D eigenvalue weighted by atomic mass is 16.4. The number of carboxylic acids is 1. The molecule has 4 nitrogen and oxygen atoms in total. The summed E-state index contributed by atoms with van der Waals surface area (Å²) < 4.78 is 0. The summed E-state index contributed by atoms with van der Waals surface area (Å²) >= 11 is 0. The quantitative estimate of drug-likeness (QED) is 0.667. The van der Waals surface area contributed by atoms with Gasteiger partial charge in [0.2, 0.25) is 0 Å². The molecule has 2 unspecified atom stereocenters. The van der Waals surface area contributed by atoms with Crippen molar-refractivity contribution in [2.75, 3.05) is 19.6 Å². The maximum atomic E-state index is 10.5. The number of aliphatic carboxylic acids is 1. The molecule has 1 saturated heterocycles. The Morgan fingerprint density at radius 1 is 1.53 bits per heavy atom. The van der Waals surface area contributed by atoms with Gasteiger partial charge >= 0.3 is 5.97 Å². The molecule has 1 fully saturated rings. The maximum Gasteiger partial charge on any atom is 0.304 e. The van der Waals surface area contributed by atoms with E-state index in [2.05, 4.69) is 17.1 Å². The summed E-state index contributed by atoms with van der Waals surface area (Å²) in [6.45, 7) is 7.51. The highest BCUT2D eigenvalue weighted by Crippen LogP contribution is 2.16. The molecule has 0 radical (unpaired) electrons. The maximum absolute atomic E-state index is 10.5. The predicted octanol–water partition coefficient (Wildman–Crippen LogP) is 1.70. The van der Waals surface area contributed by atoms with Crippen LogP contribution in [0.4, 0.5) is 0 Å². The van der Waals surface area contributed by atoms with Crippen LogP contribution >= 0.6 is 0 Å². The normalized spacial score (nSPS) is 23.5. The van der Waals surface area contributed by atoms with Gasteiger partial charge in [0, 0.05) is 12.1 Å². The first-order chi connectivity index (χ1) is 8.09. The molecular formula is C13H26N2O2. The molecular weight excluding hydrogens is 216 g/mol. The molecule has 2 N–H and O–H groups in total. The number of carboxylic acid groups (broad SMARTS) is 1. The van der Waals surface area contributed by atoms with Crippen molar-refractivity contribution in [1.82, 2.24) is 10.2 Å². The standard InChI is InChI=1S/C13H26N2O2/c1-11(10-13(16)17)14-7-5-9-15-8-4-3-6-12(15)2/h11-12,14H,3-10H2,1-2H3,(H,16,17). The van der Waals surface area contributed by atoms with Crippen LogP contribution in [0.2, 0.25) is 0 Å². The molecule has 1 aliphatic heterocycles. The number of hydrogen-bond donors (Lipinski definition) is 2. The van der Waals surface area contributed by atoms with Crippen molar-refractivity contribution in [3.63, 3.8) is 0 Å². The SMILES string of the molecule is CC(CC(=O)O)NCCCN1CCCCC1C. The molecule has 0 saturated carbocycles. The van der Waals surface area contributed by atoms with Crippen molar-refractivity contribution < 1.29 is 9.90 Å². The molecule has 1 heterocycles. The van der Waals surface area contributed by atoms with Gasteiger partial charge in [-0.15, -0.1) is 0 Å². The second-order valence-corrected chi connectivity index (χ2v) is 5.19. The van der Waals surface area contributed by atoms with Gasteiger partial charge in [-0.1, -0.05) is 6.42 Å². The molecule has 2 atom stereocenters. The highest BCUT2D eigenvalue weighted by Gasteiger charge is 2.17. The lowest BCUT2D eigenvalue weighted by Gasteiger charge is -2.33. The smallest absolute Gasteiger partial charge is 0.304 e. The number of carbonyl (C=O) groups is 1. The summed E-state index contributed by atoms with van der Waals surface area (Å²) in [7, 11) is 0. The van der Waals surface area contributed by atoms with E-state index in [-0.39, 0.29) is 12.5 Å². The molecule has 0 amide bonds. The number of likely N-dealkylation sites (tertiary alicyclic amines) is 1. The summed E-state index contributed by atoms with van der Waals surface area (Å²) in [5, 5.41) is 11.9. The van der Waals surface area contributed by atoms with E-state index in [1.54, 1.807) is 0 Å². The van der Waals surface area contributed by atoms with Gasteiger partial charge in [-0.05, 0) is 52.7 Å². The zero-order valence-corrected chi connectivity index (χ0v) is 11.1. The van der Waals surface area contributed by atoms with E-state index in [0.29, 0.717) is 0 Å². The molecule has 1 rings (SSSR count). The minimum atomic E-state index is -0.727. The van der Waals surface area contributed by atoms with E-state index < -0.39 is 5.97 Å². The molecule has 0 bridgehead atoms. The summed E-state index contributed by atoms with van der Waals surface area (Å²) in [5.41, 5.74) is 0. The van der Waals surface area contributed by atoms with Gasteiger partial charge in [-0.25, -0.2) is 0 Å². The number of nitrogens with zero attached hydrogens (tertiary/aromatic N) is 1. The van der Waals surface area contributed by atoms with Crippen LogP contribution in [-0.4, -0.2) is 47.7 Å². The molecule has 1 aliphatic rings. The topological polar surface area (TPSA) is 52.6 Å². The number of piperidine rings is 1. The van der Waals surface area contributed by atoms with Gasteiger partial charge in [-0.2, -0.15) is 0 Å². The van der Waals surface area contributed by atoms with Gasteiger partial charge in [0.25, 0.3) is 0 Å². The van der Waals surface area contributed by atoms with Gasteiger partial charge in [0.05, 0.1) is 6.42 Å². The van der Waals surface area contributed by atoms with Crippen molar-refractivity contribution in [3.05, 3.63) is 0 Å². The largest absolute Gasteiger partial charge is 0.481 e. The van der Waals surface area contributed by atoms with Crippen LogP contribution in [0.5, 0.6) is 0 Å². The van der Waals surface area contributed by atoms with Crippen LogP contribution in [0.1, 0.15) is 46.0 Å². The molecule has 0 aromatic rings. The van der Waals surface area contributed by atoms with Crippen LogP contribution in [0.25, 0.3) is 0 Å². The summed E-state index contributed by atoms with van der Waals surface area (Å²) in [5.74, 6) is -0.727. The lowest BCUT2D eigenvalue weighted by Crippen LogP contribution is -2.39. The van der Waals surface area contributed by atoms with Crippen molar-refractivity contribution in [2.24, 2.45) is 0 Å². The van der Waals surface area contributed by atoms with E-state index in [9.17, 15) is 4.79 Å². The average Bonchev–Trinajstić information content (AvgIpc) is 2.25. The fourth-order valence-corrected chi connectivity index (χ4v) is 2.45. The molecule has 0 aromatic carbocycles. The third-order valence-corrected chi connectivity index (χ3v) is 3.54. The van der Waals surface area contributed by atoms with Crippen LogP contribution < -0.4 is 5.32 Å². The van der Waals surface area contributed by atoms with E-state index >= 15 is 0 Å². The van der Waals surface area contributed by atoms with Crippen LogP contribution in [0, 0.1) is 0 Å². The van der Waals surface area contributed by atoms with Crippen molar-refractivity contribution >= 4 is 5.97 Å². The van der Waals surface area contributed by atoms with Gasteiger partial charge in [0.15, 0.2) is 0 Å². The molecule has 0 aliphatic carbocycles. The highest BCUT2D eigenvalue weighted by molar-refractivity contribution is 5.67. The molecule has 17 heavy (non-hydrogen) atoms. The first kappa shape index (κ1) is 14.5. The molecule has 0 spiro atoms. The van der Waals surface area contributed by atoms with Crippen LogP contribution in [0.15, 0.2) is 0 Å². The summed E-state index contributed by atoms with van der Waals surface area (Å²) in [6, 6.07) is 0.798. The Morgan fingerprint density at radius 3 is 2.94 bits per heavy atom. The third-order valence-electron chi connectivity index (χ3n) is 3.54. The number of nitrogens with one attached hydrogen (secondary N) is 1. The number of rotatable bonds is 7. The second-order valence-electron chi connectivity index (χ2n) is 5.19. The molecule has 100 valence electrons. The fourth-order valence-electron chi connectivity index (χ4n) is 2.45. The van der Waals surface area contributed by atoms with Crippen molar-refractivity contribution in [3.8, 4) is 0 Å². The minimum absolute atomic E-state index is 0.0753. The fraction of sp³-hybridized carbons (Fsp3) is 0.923. The molecule has 0 aromatic heterocycles.